The van der Waals surface area contributed by atoms with Gasteiger partial charge in [0.05, 0.1) is 17.5 Å². The number of halogens is 3. The summed E-state index contributed by atoms with van der Waals surface area (Å²) in [6, 6.07) is 6.10. The molecule has 1 heterocycles. The molecule has 13 heteroatoms. The Morgan fingerprint density at radius 3 is 2.59 bits per heavy atom. The molecule has 3 aromatic rings. The van der Waals surface area contributed by atoms with E-state index in [-0.39, 0.29) is 35.9 Å². The topological polar surface area (TPSA) is 126 Å². The average molecular weight is 495 g/mol. The molecule has 0 saturated heterocycles. The number of amides is 2. The number of benzene rings is 2. The van der Waals surface area contributed by atoms with E-state index in [1.165, 1.54) is 53.4 Å². The highest BCUT2D eigenvalue weighted by molar-refractivity contribution is 6.18. The van der Waals surface area contributed by atoms with Crippen molar-refractivity contribution in [1.82, 2.24) is 19.7 Å². The number of nitrogens with zero attached hydrogens (tertiary/aromatic N) is 5. The average Bonchev–Trinajstić information content (AvgIpc) is 3.29. The van der Waals surface area contributed by atoms with Gasteiger partial charge in [0.15, 0.2) is 0 Å². The fourth-order valence-corrected chi connectivity index (χ4v) is 3.71. The Labute approximate surface area is 197 Å². The van der Waals surface area contributed by atoms with Gasteiger partial charge in [0.1, 0.15) is 29.9 Å². The second kappa shape index (κ2) is 10.5. The molecule has 0 saturated carbocycles. The second-order valence-corrected chi connectivity index (χ2v) is 7.81. The second-order valence-electron chi connectivity index (χ2n) is 7.43. The number of aliphatic hydroxyl groups is 1. The summed E-state index contributed by atoms with van der Waals surface area (Å²) in [7, 11) is 0. The molecular weight excluding hydrogens is 474 g/mol. The lowest BCUT2D eigenvalue weighted by Crippen LogP contribution is -2.55. The number of nitro benzene ring substituents is 1. The van der Waals surface area contributed by atoms with Crippen LogP contribution in [0.25, 0.3) is 0 Å². The highest BCUT2D eigenvalue weighted by Crippen LogP contribution is 2.33. The van der Waals surface area contributed by atoms with Gasteiger partial charge >= 0.3 is 6.03 Å². The van der Waals surface area contributed by atoms with Gasteiger partial charge in [-0.15, -0.1) is 11.6 Å². The number of carbonyl (C=O) groups excluding carboxylic acids is 1. The third kappa shape index (κ3) is 5.46. The van der Waals surface area contributed by atoms with E-state index in [9.17, 15) is 28.8 Å². The van der Waals surface area contributed by atoms with Crippen molar-refractivity contribution in [2.75, 3.05) is 17.7 Å². The summed E-state index contributed by atoms with van der Waals surface area (Å²) < 4.78 is 29.6. The first-order valence-electron chi connectivity index (χ1n) is 10.0. The highest BCUT2D eigenvalue weighted by Gasteiger charge is 2.43. The van der Waals surface area contributed by atoms with Gasteiger partial charge in [-0.3, -0.25) is 10.1 Å². The molecule has 3 rings (SSSR count). The standard InChI is InChI=1S/C21H21ClF2N6O4/c1-14(29(9-8-22)20(31)27-16-3-5-17(6-4-16)30(33)34)21(32,11-28-13-25-12-26-28)18-7-2-15(23)10-19(18)24/h2-7,10,12-14,32H,8-9,11H2,1H3,(H,27,31)/t14-,21-/m1/s1. The maximum atomic E-state index is 14.8. The van der Waals surface area contributed by atoms with Crippen LogP contribution in [0.2, 0.25) is 0 Å². The van der Waals surface area contributed by atoms with Crippen molar-refractivity contribution in [3.8, 4) is 0 Å². The van der Waals surface area contributed by atoms with E-state index in [1.807, 2.05) is 0 Å². The molecular formula is C21H21ClF2N6O4. The van der Waals surface area contributed by atoms with Crippen molar-refractivity contribution in [3.63, 3.8) is 0 Å². The van der Waals surface area contributed by atoms with Crippen LogP contribution in [-0.4, -0.2) is 54.2 Å². The van der Waals surface area contributed by atoms with Crippen LogP contribution in [0.5, 0.6) is 0 Å². The van der Waals surface area contributed by atoms with Crippen molar-refractivity contribution < 1.29 is 23.6 Å². The zero-order valence-electron chi connectivity index (χ0n) is 17.9. The van der Waals surface area contributed by atoms with Crippen LogP contribution >= 0.6 is 11.6 Å². The number of hydrogen-bond donors (Lipinski definition) is 2. The molecule has 0 aliphatic rings. The molecule has 0 aliphatic carbocycles. The summed E-state index contributed by atoms with van der Waals surface area (Å²) in [5.41, 5.74) is -2.21. The van der Waals surface area contributed by atoms with Crippen molar-refractivity contribution in [3.05, 3.63) is 82.4 Å². The van der Waals surface area contributed by atoms with Crippen LogP contribution in [0.3, 0.4) is 0 Å². The van der Waals surface area contributed by atoms with Gasteiger partial charge < -0.3 is 15.3 Å². The van der Waals surface area contributed by atoms with Crippen LogP contribution < -0.4 is 5.32 Å². The predicted molar refractivity (Wildman–Crippen MR) is 119 cm³/mol. The van der Waals surface area contributed by atoms with Crippen LogP contribution in [0.1, 0.15) is 12.5 Å². The minimum absolute atomic E-state index is 0.0106. The van der Waals surface area contributed by atoms with E-state index in [4.69, 9.17) is 11.6 Å². The Hall–Kier alpha value is -3.64. The quantitative estimate of drug-likeness (QED) is 0.266. The lowest BCUT2D eigenvalue weighted by molar-refractivity contribution is -0.384. The van der Waals surface area contributed by atoms with Gasteiger partial charge in [-0.1, -0.05) is 6.07 Å². The number of alkyl halides is 1. The number of non-ortho nitro benzene ring substituents is 1. The smallest absolute Gasteiger partial charge is 0.322 e. The first-order chi connectivity index (χ1) is 16.2. The molecule has 0 unspecified atom stereocenters. The summed E-state index contributed by atoms with van der Waals surface area (Å²) in [6.07, 6.45) is 2.53. The molecule has 1 aromatic heterocycles. The number of carbonyl (C=O) groups is 1. The summed E-state index contributed by atoms with van der Waals surface area (Å²) >= 11 is 5.90. The van der Waals surface area contributed by atoms with E-state index in [1.54, 1.807) is 0 Å². The molecule has 34 heavy (non-hydrogen) atoms. The van der Waals surface area contributed by atoms with Gasteiger partial charge in [-0.2, -0.15) is 5.10 Å². The molecule has 0 fully saturated rings. The maximum Gasteiger partial charge on any atom is 0.322 e. The van der Waals surface area contributed by atoms with Crippen molar-refractivity contribution in [2.24, 2.45) is 0 Å². The molecule has 2 aromatic carbocycles. The fraction of sp³-hybridized carbons (Fsp3) is 0.286. The predicted octanol–water partition coefficient (Wildman–Crippen LogP) is 3.51. The number of nitro groups is 1. The van der Waals surface area contributed by atoms with Crippen LogP contribution in [0.15, 0.2) is 55.1 Å². The molecule has 2 atom stereocenters. The van der Waals surface area contributed by atoms with Gasteiger partial charge in [0, 0.05) is 41.9 Å². The van der Waals surface area contributed by atoms with Crippen molar-refractivity contribution in [1.29, 1.82) is 0 Å². The monoisotopic (exact) mass is 494 g/mol. The first-order valence-corrected chi connectivity index (χ1v) is 10.6. The van der Waals surface area contributed by atoms with E-state index in [2.05, 4.69) is 15.4 Å². The van der Waals surface area contributed by atoms with E-state index >= 15 is 0 Å². The largest absolute Gasteiger partial charge is 0.381 e. The summed E-state index contributed by atoms with van der Waals surface area (Å²) in [5.74, 6) is -1.84. The van der Waals surface area contributed by atoms with Crippen molar-refractivity contribution >= 4 is 29.0 Å². The fourth-order valence-electron chi connectivity index (χ4n) is 3.53. The molecule has 0 bridgehead atoms. The summed E-state index contributed by atoms with van der Waals surface area (Å²) in [5, 5.41) is 29.1. The Bertz CT molecular complexity index is 1150. The first kappa shape index (κ1) is 25.0. The third-order valence-corrected chi connectivity index (χ3v) is 5.51. The summed E-state index contributed by atoms with van der Waals surface area (Å²) in [4.78, 5) is 28.4. The number of nitrogens with one attached hydrogen (secondary N) is 1. The lowest BCUT2D eigenvalue weighted by Gasteiger charge is -2.41. The molecule has 0 radical (unpaired) electrons. The Morgan fingerprint density at radius 2 is 2.03 bits per heavy atom. The van der Waals surface area contributed by atoms with Crippen LogP contribution in [0.4, 0.5) is 25.0 Å². The number of hydrogen-bond acceptors (Lipinski definition) is 6. The minimum Gasteiger partial charge on any atom is -0.381 e. The number of rotatable bonds is 9. The zero-order chi connectivity index (χ0) is 24.9. The van der Waals surface area contributed by atoms with Crippen LogP contribution in [0, 0.1) is 21.7 Å². The molecule has 180 valence electrons. The minimum atomic E-state index is -2.07. The van der Waals surface area contributed by atoms with E-state index in [0.717, 1.165) is 12.1 Å². The molecule has 0 aliphatic heterocycles. The van der Waals surface area contributed by atoms with Gasteiger partial charge in [0.25, 0.3) is 5.69 Å². The Balaban J connectivity index is 1.95. The molecule has 2 N–H and O–H groups in total. The number of urea groups is 1. The number of anilines is 1. The van der Waals surface area contributed by atoms with E-state index in [0.29, 0.717) is 6.07 Å². The van der Waals surface area contributed by atoms with E-state index < -0.39 is 34.2 Å². The zero-order valence-corrected chi connectivity index (χ0v) is 18.7. The number of aromatic nitrogens is 3. The Kier molecular flexibility index (Phi) is 7.74. The molecule has 0 spiro atoms. The third-order valence-electron chi connectivity index (χ3n) is 5.34. The Morgan fingerprint density at radius 1 is 1.32 bits per heavy atom. The molecule has 10 nitrogen and oxygen atoms in total. The SMILES string of the molecule is C[C@@H](N(CCCl)C(=O)Nc1ccc([N+](=O)[O-])cc1)[C@](O)(Cn1cncn1)c1ccc(F)cc1F. The maximum absolute atomic E-state index is 14.8. The normalized spacial score (nSPS) is 13.7. The summed E-state index contributed by atoms with van der Waals surface area (Å²) in [6.45, 7) is 1.14. The van der Waals surface area contributed by atoms with Gasteiger partial charge in [0.2, 0.25) is 0 Å². The highest BCUT2D eigenvalue weighted by atomic mass is 35.5. The molecule has 2 amide bonds. The van der Waals surface area contributed by atoms with Gasteiger partial charge in [-0.25, -0.2) is 23.2 Å². The van der Waals surface area contributed by atoms with Crippen LogP contribution in [-0.2, 0) is 12.1 Å². The van der Waals surface area contributed by atoms with Gasteiger partial charge in [-0.05, 0) is 25.1 Å². The lowest BCUT2D eigenvalue weighted by atomic mass is 9.85. The van der Waals surface area contributed by atoms with Crippen molar-refractivity contribution in [2.45, 2.75) is 25.1 Å².